The van der Waals surface area contributed by atoms with Gasteiger partial charge in [-0.1, -0.05) is 0 Å². The predicted octanol–water partition coefficient (Wildman–Crippen LogP) is 2.29. The number of hydrogen-bond donors (Lipinski definition) is 0. The second-order valence-corrected chi connectivity index (χ2v) is 4.32. The molecule has 0 aliphatic carbocycles. The van der Waals surface area contributed by atoms with Crippen molar-refractivity contribution in [3.05, 3.63) is 27.6 Å². The molecule has 7 nitrogen and oxygen atoms in total. The van der Waals surface area contributed by atoms with E-state index in [0.717, 1.165) is 0 Å². The van der Waals surface area contributed by atoms with Crippen LogP contribution >= 0.6 is 11.3 Å². The Balaban J connectivity index is 2.29. The molecule has 0 radical (unpaired) electrons. The molecular formula is C10H9N3O4S. The number of anilines is 1. The zero-order chi connectivity index (χ0) is 13.3. The van der Waals surface area contributed by atoms with E-state index in [-0.39, 0.29) is 11.8 Å². The average molecular weight is 267 g/mol. The van der Waals surface area contributed by atoms with Crippen molar-refractivity contribution in [1.29, 1.82) is 0 Å². The summed E-state index contributed by atoms with van der Waals surface area (Å²) >= 11 is 1.26. The number of carbonyl (C=O) groups excluding carboxylic acids is 1. The van der Waals surface area contributed by atoms with Crippen molar-refractivity contribution in [2.45, 2.75) is 6.92 Å². The number of thiazole rings is 1. The summed E-state index contributed by atoms with van der Waals surface area (Å²) in [6.07, 6.45) is 0. The Morgan fingerprint density at radius 2 is 2.28 bits per heavy atom. The van der Waals surface area contributed by atoms with Gasteiger partial charge in [-0.05, 0) is 6.07 Å². The zero-order valence-corrected chi connectivity index (χ0v) is 10.4. The molecule has 0 atom stereocenters. The molecule has 2 aromatic heterocycles. The van der Waals surface area contributed by atoms with Gasteiger partial charge < -0.3 is 4.42 Å². The summed E-state index contributed by atoms with van der Waals surface area (Å²) in [4.78, 5) is 26.6. The van der Waals surface area contributed by atoms with Crippen molar-refractivity contribution in [3.63, 3.8) is 0 Å². The molecule has 0 aliphatic rings. The lowest BCUT2D eigenvalue weighted by Gasteiger charge is -2.09. The largest absolute Gasteiger partial charge is 0.433 e. The second-order valence-electron chi connectivity index (χ2n) is 3.49. The summed E-state index contributed by atoms with van der Waals surface area (Å²) in [6.45, 7) is 1.43. The van der Waals surface area contributed by atoms with Crippen molar-refractivity contribution in [2.24, 2.45) is 0 Å². The first kappa shape index (κ1) is 12.2. The first-order valence-electron chi connectivity index (χ1n) is 4.93. The van der Waals surface area contributed by atoms with Gasteiger partial charge in [0.15, 0.2) is 10.9 Å². The number of carbonyl (C=O) groups is 1. The Morgan fingerprint density at radius 1 is 1.56 bits per heavy atom. The standard InChI is InChI=1S/C10H9N3O4S/c1-6(14)12(2)10-11-7(5-18-10)8-3-4-9(17-8)13(15)16/h3-5H,1-2H3. The van der Waals surface area contributed by atoms with Crippen LogP contribution in [0.2, 0.25) is 0 Å². The fraction of sp³-hybridized carbons (Fsp3) is 0.200. The summed E-state index contributed by atoms with van der Waals surface area (Å²) in [7, 11) is 1.61. The van der Waals surface area contributed by atoms with E-state index in [2.05, 4.69) is 4.98 Å². The van der Waals surface area contributed by atoms with Gasteiger partial charge in [-0.2, -0.15) is 0 Å². The third-order valence-corrected chi connectivity index (χ3v) is 3.19. The van der Waals surface area contributed by atoms with Crippen LogP contribution in [0.25, 0.3) is 11.5 Å². The van der Waals surface area contributed by atoms with Gasteiger partial charge in [0, 0.05) is 19.4 Å². The molecule has 8 heteroatoms. The molecule has 0 saturated carbocycles. The lowest BCUT2D eigenvalue weighted by molar-refractivity contribution is -0.401. The first-order valence-corrected chi connectivity index (χ1v) is 5.81. The van der Waals surface area contributed by atoms with Crippen LogP contribution < -0.4 is 4.90 Å². The molecule has 2 rings (SSSR count). The van der Waals surface area contributed by atoms with Gasteiger partial charge in [-0.15, -0.1) is 11.3 Å². The van der Waals surface area contributed by atoms with Gasteiger partial charge in [0.2, 0.25) is 5.91 Å². The third-order valence-electron chi connectivity index (χ3n) is 2.28. The van der Waals surface area contributed by atoms with Crippen LogP contribution in [0, 0.1) is 10.1 Å². The maximum atomic E-state index is 11.2. The zero-order valence-electron chi connectivity index (χ0n) is 9.61. The van der Waals surface area contributed by atoms with Crippen LogP contribution in [-0.2, 0) is 4.79 Å². The smallest absolute Gasteiger partial charge is 0.399 e. The van der Waals surface area contributed by atoms with E-state index in [9.17, 15) is 14.9 Å². The molecule has 0 bridgehead atoms. The maximum Gasteiger partial charge on any atom is 0.433 e. The van der Waals surface area contributed by atoms with Crippen LogP contribution in [-0.4, -0.2) is 22.9 Å². The monoisotopic (exact) mass is 267 g/mol. The minimum absolute atomic E-state index is 0.138. The molecule has 0 unspecified atom stereocenters. The Morgan fingerprint density at radius 3 is 2.83 bits per heavy atom. The summed E-state index contributed by atoms with van der Waals surface area (Å²) < 4.78 is 5.03. The van der Waals surface area contributed by atoms with E-state index < -0.39 is 4.92 Å². The van der Waals surface area contributed by atoms with E-state index in [0.29, 0.717) is 16.6 Å². The fourth-order valence-corrected chi connectivity index (χ4v) is 2.05. The quantitative estimate of drug-likeness (QED) is 0.628. The molecule has 2 heterocycles. The topological polar surface area (TPSA) is 89.5 Å². The molecule has 0 N–H and O–H groups in total. The van der Waals surface area contributed by atoms with Gasteiger partial charge in [-0.3, -0.25) is 19.8 Å². The number of amides is 1. The molecule has 0 spiro atoms. The number of aromatic nitrogens is 1. The van der Waals surface area contributed by atoms with Crippen molar-refractivity contribution < 1.29 is 14.1 Å². The summed E-state index contributed by atoms with van der Waals surface area (Å²) in [5.74, 6) is -0.165. The van der Waals surface area contributed by atoms with Gasteiger partial charge in [-0.25, -0.2) is 4.98 Å². The Hall–Kier alpha value is -2.22. The lowest BCUT2D eigenvalue weighted by Crippen LogP contribution is -2.22. The van der Waals surface area contributed by atoms with E-state index >= 15 is 0 Å². The van der Waals surface area contributed by atoms with Crippen molar-refractivity contribution in [1.82, 2.24) is 4.98 Å². The minimum Gasteiger partial charge on any atom is -0.399 e. The second kappa shape index (κ2) is 4.57. The molecule has 2 aromatic rings. The van der Waals surface area contributed by atoms with Gasteiger partial charge in [0.05, 0.1) is 6.07 Å². The number of nitro groups is 1. The highest BCUT2D eigenvalue weighted by Gasteiger charge is 2.17. The number of hydrogen-bond acceptors (Lipinski definition) is 6. The maximum absolute atomic E-state index is 11.2. The molecule has 0 aromatic carbocycles. The Bertz CT molecular complexity index is 604. The molecule has 0 saturated heterocycles. The summed E-state index contributed by atoms with van der Waals surface area (Å²) in [5, 5.41) is 12.7. The number of rotatable bonds is 3. The summed E-state index contributed by atoms with van der Waals surface area (Å²) in [6, 6.07) is 2.74. The van der Waals surface area contributed by atoms with E-state index in [1.807, 2.05) is 0 Å². The predicted molar refractivity (Wildman–Crippen MR) is 65.6 cm³/mol. The molecule has 18 heavy (non-hydrogen) atoms. The van der Waals surface area contributed by atoms with Gasteiger partial charge in [0.1, 0.15) is 10.6 Å². The van der Waals surface area contributed by atoms with Gasteiger partial charge in [0.25, 0.3) is 0 Å². The van der Waals surface area contributed by atoms with Crippen molar-refractivity contribution in [2.75, 3.05) is 11.9 Å². The number of nitrogens with zero attached hydrogens (tertiary/aromatic N) is 3. The van der Waals surface area contributed by atoms with Crippen molar-refractivity contribution >= 4 is 28.3 Å². The number of furan rings is 1. The highest BCUT2D eigenvalue weighted by molar-refractivity contribution is 7.14. The highest BCUT2D eigenvalue weighted by Crippen LogP contribution is 2.30. The molecular weight excluding hydrogens is 258 g/mol. The normalized spacial score (nSPS) is 10.3. The third kappa shape index (κ3) is 2.23. The van der Waals surface area contributed by atoms with Crippen LogP contribution in [0.15, 0.2) is 21.9 Å². The Kier molecular flexibility index (Phi) is 3.11. The SMILES string of the molecule is CC(=O)N(C)c1nc(-c2ccc([N+](=O)[O-])o2)cs1. The highest BCUT2D eigenvalue weighted by atomic mass is 32.1. The molecule has 94 valence electrons. The minimum atomic E-state index is -0.613. The van der Waals surface area contributed by atoms with Gasteiger partial charge >= 0.3 is 5.88 Å². The first-order chi connectivity index (χ1) is 8.49. The van der Waals surface area contributed by atoms with Crippen LogP contribution in [0.5, 0.6) is 0 Å². The molecule has 1 amide bonds. The lowest BCUT2D eigenvalue weighted by atomic mass is 10.4. The Labute approximate surface area is 106 Å². The van der Waals surface area contributed by atoms with E-state index in [1.165, 1.54) is 35.3 Å². The van der Waals surface area contributed by atoms with E-state index in [4.69, 9.17) is 4.42 Å². The van der Waals surface area contributed by atoms with Crippen LogP contribution in [0.1, 0.15) is 6.92 Å². The van der Waals surface area contributed by atoms with Crippen molar-refractivity contribution in [3.8, 4) is 11.5 Å². The molecule has 0 aliphatic heterocycles. The van der Waals surface area contributed by atoms with Crippen LogP contribution in [0.4, 0.5) is 11.0 Å². The van der Waals surface area contributed by atoms with E-state index in [1.54, 1.807) is 12.4 Å². The molecule has 0 fully saturated rings. The average Bonchev–Trinajstić information content (AvgIpc) is 2.96. The summed E-state index contributed by atoms with van der Waals surface area (Å²) in [5.41, 5.74) is 0.469. The van der Waals surface area contributed by atoms with Crippen LogP contribution in [0.3, 0.4) is 0 Å². The fourth-order valence-electron chi connectivity index (χ4n) is 1.23.